The first-order valence-corrected chi connectivity index (χ1v) is 3.37. The van der Waals surface area contributed by atoms with Crippen molar-refractivity contribution in [2.45, 2.75) is 26.8 Å². The Bertz CT molecular complexity index is 147. The summed E-state index contributed by atoms with van der Waals surface area (Å²) in [5, 5.41) is 2.70. The van der Waals surface area contributed by atoms with Crippen LogP contribution in [0.3, 0.4) is 0 Å². The number of carbonyl (C=O) groups excluding carboxylic acids is 1. The van der Waals surface area contributed by atoms with Crippen molar-refractivity contribution in [2.24, 2.45) is 0 Å². The van der Waals surface area contributed by atoms with E-state index in [-0.39, 0.29) is 13.4 Å². The average Bonchev–Trinajstić information content (AvgIpc) is 2.16. The van der Waals surface area contributed by atoms with Crippen LogP contribution >= 0.6 is 0 Å². The number of hydrogen-bond donors (Lipinski definition) is 1. The van der Waals surface area contributed by atoms with Crippen LogP contribution in [0.5, 0.6) is 0 Å². The molecule has 0 saturated carbocycles. The molecular formula is C7H15NO2. The molecule has 1 rings (SSSR count). The van der Waals surface area contributed by atoms with Crippen LogP contribution in [0.1, 0.15) is 22.2 Å². The minimum atomic E-state index is -0.255. The molecule has 1 aliphatic rings. The van der Waals surface area contributed by atoms with Gasteiger partial charge in [0.1, 0.15) is 6.04 Å². The fraction of sp³-hybridized carbons (Fsp3) is 0.571. The van der Waals surface area contributed by atoms with E-state index in [1.54, 1.807) is 6.92 Å². The molecule has 1 N–H and O–H groups in total. The second-order valence-corrected chi connectivity index (χ2v) is 1.71. The van der Waals surface area contributed by atoms with Crippen molar-refractivity contribution < 1.29 is 11.0 Å². The van der Waals surface area contributed by atoms with Crippen molar-refractivity contribution in [1.82, 2.24) is 5.32 Å². The molecule has 3 heteroatoms. The summed E-state index contributed by atoms with van der Waals surface area (Å²) in [4.78, 5) is 10.4. The molecule has 0 amide bonds. The normalized spacial score (nSPS) is 22.5. The van der Waals surface area contributed by atoms with Gasteiger partial charge in [0.2, 0.25) is 0 Å². The molecule has 0 bridgehead atoms. The van der Waals surface area contributed by atoms with Gasteiger partial charge in [-0.15, -0.1) is 0 Å². The standard InChI is InChI=1S/C5H7NO2.C2H6.H2/c1-3-5(7)8-4(2)6-3;1-2;/h3,6H,2H2,1H3;1-2H3;1H/t3-;;/m0../s1. The van der Waals surface area contributed by atoms with Gasteiger partial charge >= 0.3 is 5.97 Å². The predicted molar refractivity (Wildman–Crippen MR) is 41.3 cm³/mol. The SMILES string of the molecule is C=C1N[C@@H](C)C(=O)O1.CC.[HH]. The summed E-state index contributed by atoms with van der Waals surface area (Å²) in [5.74, 6) is 0.0949. The second kappa shape index (κ2) is 3.93. The van der Waals surface area contributed by atoms with E-state index < -0.39 is 0 Å². The van der Waals surface area contributed by atoms with Gasteiger partial charge in [-0.05, 0) is 13.5 Å². The van der Waals surface area contributed by atoms with Crippen LogP contribution in [0.15, 0.2) is 12.5 Å². The van der Waals surface area contributed by atoms with E-state index in [4.69, 9.17) is 0 Å². The fourth-order valence-corrected chi connectivity index (χ4v) is 0.540. The third-order valence-corrected chi connectivity index (χ3v) is 0.955. The minimum Gasteiger partial charge on any atom is -0.409 e. The van der Waals surface area contributed by atoms with E-state index in [9.17, 15) is 4.79 Å². The Labute approximate surface area is 62.5 Å². The van der Waals surface area contributed by atoms with Crippen LogP contribution in [-0.2, 0) is 9.53 Å². The number of cyclic esters (lactones) is 1. The summed E-state index contributed by atoms with van der Waals surface area (Å²) in [7, 11) is 0. The first kappa shape index (κ1) is 9.01. The molecule has 1 fully saturated rings. The van der Waals surface area contributed by atoms with Gasteiger partial charge in [-0.1, -0.05) is 13.8 Å². The lowest BCUT2D eigenvalue weighted by Gasteiger charge is -1.91. The van der Waals surface area contributed by atoms with Crippen molar-refractivity contribution in [3.05, 3.63) is 12.5 Å². The maximum Gasteiger partial charge on any atom is 0.334 e. The quantitative estimate of drug-likeness (QED) is 0.521. The lowest BCUT2D eigenvalue weighted by molar-refractivity contribution is -0.136. The van der Waals surface area contributed by atoms with Gasteiger partial charge in [0.05, 0.1) is 0 Å². The van der Waals surface area contributed by atoms with Crippen LogP contribution < -0.4 is 5.32 Å². The lowest BCUT2D eigenvalue weighted by atomic mass is 10.4. The average molecular weight is 145 g/mol. The Kier molecular flexibility index (Phi) is 3.54. The monoisotopic (exact) mass is 145 g/mol. The zero-order chi connectivity index (χ0) is 8.15. The van der Waals surface area contributed by atoms with E-state index in [2.05, 4.69) is 16.6 Å². The number of ether oxygens (including phenoxy) is 1. The second-order valence-electron chi connectivity index (χ2n) is 1.71. The highest BCUT2D eigenvalue weighted by atomic mass is 16.6. The molecule has 0 spiro atoms. The van der Waals surface area contributed by atoms with Gasteiger partial charge in [0.15, 0.2) is 5.88 Å². The van der Waals surface area contributed by atoms with Crippen LogP contribution in [0.25, 0.3) is 0 Å². The summed E-state index contributed by atoms with van der Waals surface area (Å²) in [6, 6.07) is -0.220. The van der Waals surface area contributed by atoms with E-state index in [1.807, 2.05) is 13.8 Å². The molecule has 0 unspecified atom stereocenters. The van der Waals surface area contributed by atoms with E-state index in [0.717, 1.165) is 0 Å². The first-order chi connectivity index (χ1) is 4.70. The molecule has 10 heavy (non-hydrogen) atoms. The zero-order valence-corrected chi connectivity index (χ0v) is 6.60. The van der Waals surface area contributed by atoms with E-state index in [1.165, 1.54) is 0 Å². The molecular weight excluding hydrogens is 130 g/mol. The van der Waals surface area contributed by atoms with Gasteiger partial charge in [-0.3, -0.25) is 0 Å². The summed E-state index contributed by atoms with van der Waals surface area (Å²) < 4.78 is 4.53. The highest BCUT2D eigenvalue weighted by Crippen LogP contribution is 2.03. The van der Waals surface area contributed by atoms with Crippen molar-refractivity contribution in [3.8, 4) is 0 Å². The molecule has 1 aliphatic heterocycles. The highest BCUT2D eigenvalue weighted by Gasteiger charge is 2.23. The highest BCUT2D eigenvalue weighted by molar-refractivity contribution is 5.78. The molecule has 1 atom stereocenters. The van der Waals surface area contributed by atoms with Crippen molar-refractivity contribution in [3.63, 3.8) is 0 Å². The van der Waals surface area contributed by atoms with Gasteiger partial charge in [0.25, 0.3) is 0 Å². The fourth-order valence-electron chi connectivity index (χ4n) is 0.540. The largest absolute Gasteiger partial charge is 0.409 e. The Hall–Kier alpha value is -0.990. The molecule has 0 aromatic carbocycles. The maximum absolute atomic E-state index is 10.4. The van der Waals surface area contributed by atoms with Gasteiger partial charge < -0.3 is 10.1 Å². The summed E-state index contributed by atoms with van der Waals surface area (Å²) in [6.07, 6.45) is 0. The number of hydrogen-bond acceptors (Lipinski definition) is 3. The maximum atomic E-state index is 10.4. The summed E-state index contributed by atoms with van der Waals surface area (Å²) in [5.41, 5.74) is 0. The molecule has 0 aromatic rings. The van der Waals surface area contributed by atoms with Crippen LogP contribution in [0.4, 0.5) is 0 Å². The molecule has 1 saturated heterocycles. The molecule has 60 valence electrons. The van der Waals surface area contributed by atoms with Crippen molar-refractivity contribution in [2.75, 3.05) is 0 Å². The molecule has 1 heterocycles. The Morgan fingerprint density at radius 3 is 2.30 bits per heavy atom. The Morgan fingerprint density at radius 1 is 1.70 bits per heavy atom. The van der Waals surface area contributed by atoms with Crippen LogP contribution in [-0.4, -0.2) is 12.0 Å². The molecule has 0 aliphatic carbocycles. The van der Waals surface area contributed by atoms with Gasteiger partial charge in [-0.2, -0.15) is 0 Å². The summed E-state index contributed by atoms with van der Waals surface area (Å²) in [6.45, 7) is 9.12. The third-order valence-electron chi connectivity index (χ3n) is 0.955. The number of rotatable bonds is 0. The lowest BCUT2D eigenvalue weighted by Crippen LogP contribution is -2.21. The van der Waals surface area contributed by atoms with E-state index in [0.29, 0.717) is 5.88 Å². The number of nitrogens with one attached hydrogen (secondary N) is 1. The minimum absolute atomic E-state index is 0. The van der Waals surface area contributed by atoms with Crippen LogP contribution in [0, 0.1) is 0 Å². The van der Waals surface area contributed by atoms with E-state index >= 15 is 0 Å². The summed E-state index contributed by atoms with van der Waals surface area (Å²) >= 11 is 0. The Morgan fingerprint density at radius 2 is 2.20 bits per heavy atom. The molecule has 3 nitrogen and oxygen atoms in total. The van der Waals surface area contributed by atoms with Gasteiger partial charge in [-0.25, -0.2) is 4.79 Å². The molecule has 0 aromatic heterocycles. The zero-order valence-electron chi connectivity index (χ0n) is 6.60. The number of esters is 1. The van der Waals surface area contributed by atoms with Gasteiger partial charge in [0, 0.05) is 1.43 Å². The smallest absolute Gasteiger partial charge is 0.334 e. The topological polar surface area (TPSA) is 38.3 Å². The predicted octanol–water partition coefficient (Wildman–Crippen LogP) is 1.26. The Balaban J connectivity index is 0. The molecule has 0 radical (unpaired) electrons. The van der Waals surface area contributed by atoms with Crippen molar-refractivity contribution in [1.29, 1.82) is 0 Å². The first-order valence-electron chi connectivity index (χ1n) is 3.37. The van der Waals surface area contributed by atoms with Crippen LogP contribution in [0.2, 0.25) is 0 Å². The third kappa shape index (κ3) is 2.09. The number of carbonyl (C=O) groups is 1. The van der Waals surface area contributed by atoms with Crippen molar-refractivity contribution >= 4 is 5.97 Å².